The molecule has 1 fully saturated rings. The number of benzene rings is 1. The molecule has 1 atom stereocenters. The van der Waals surface area contributed by atoms with E-state index in [1.165, 1.54) is 24.2 Å². The Kier molecular flexibility index (Phi) is 1.77. The third-order valence-corrected chi connectivity index (χ3v) is 3.35. The predicted molar refractivity (Wildman–Crippen MR) is 58.9 cm³/mol. The number of hydrogen-bond donors (Lipinski definition) is 1. The fraction of sp³-hybridized carbons (Fsp3) is 0.500. The molecule has 3 rings (SSSR count). The van der Waals surface area contributed by atoms with E-state index in [2.05, 4.69) is 35.3 Å². The number of nitrogens with zero attached hydrogens (tertiary/aromatic N) is 1. The van der Waals surface area contributed by atoms with E-state index in [0.29, 0.717) is 6.04 Å². The normalized spacial score (nSPS) is 24.6. The van der Waals surface area contributed by atoms with E-state index in [0.717, 1.165) is 13.1 Å². The SMILES string of the molecule is Cc1ccc2c(c1)CC1CNCCN21. The van der Waals surface area contributed by atoms with Gasteiger partial charge in [-0.1, -0.05) is 17.7 Å². The first-order valence-corrected chi connectivity index (χ1v) is 5.41. The first-order chi connectivity index (χ1) is 6.84. The van der Waals surface area contributed by atoms with Gasteiger partial charge in [0.25, 0.3) is 0 Å². The summed E-state index contributed by atoms with van der Waals surface area (Å²) in [5.74, 6) is 0. The van der Waals surface area contributed by atoms with E-state index in [9.17, 15) is 0 Å². The van der Waals surface area contributed by atoms with Gasteiger partial charge in [-0.15, -0.1) is 0 Å². The molecule has 0 radical (unpaired) electrons. The molecule has 1 saturated heterocycles. The zero-order valence-corrected chi connectivity index (χ0v) is 8.59. The van der Waals surface area contributed by atoms with Crippen LogP contribution in [0.1, 0.15) is 11.1 Å². The minimum absolute atomic E-state index is 0.709. The van der Waals surface area contributed by atoms with Crippen LogP contribution in [-0.2, 0) is 6.42 Å². The second-order valence-corrected chi connectivity index (χ2v) is 4.39. The van der Waals surface area contributed by atoms with Gasteiger partial charge in [-0.25, -0.2) is 0 Å². The van der Waals surface area contributed by atoms with Gasteiger partial charge < -0.3 is 10.2 Å². The van der Waals surface area contributed by atoms with Gasteiger partial charge in [-0.05, 0) is 25.0 Å². The number of piperazine rings is 1. The number of anilines is 1. The fourth-order valence-electron chi connectivity index (χ4n) is 2.67. The van der Waals surface area contributed by atoms with Crippen molar-refractivity contribution >= 4 is 5.69 Å². The first-order valence-electron chi connectivity index (χ1n) is 5.41. The van der Waals surface area contributed by atoms with Gasteiger partial charge in [0.1, 0.15) is 0 Å². The maximum Gasteiger partial charge on any atom is 0.0456 e. The third-order valence-electron chi connectivity index (χ3n) is 3.35. The molecule has 1 unspecified atom stereocenters. The first kappa shape index (κ1) is 8.30. The topological polar surface area (TPSA) is 15.3 Å². The van der Waals surface area contributed by atoms with E-state index in [1.807, 2.05) is 0 Å². The minimum atomic E-state index is 0.709. The molecule has 1 N–H and O–H groups in total. The molecule has 74 valence electrons. The van der Waals surface area contributed by atoms with Crippen LogP contribution in [-0.4, -0.2) is 25.7 Å². The zero-order chi connectivity index (χ0) is 9.54. The Morgan fingerprint density at radius 3 is 3.29 bits per heavy atom. The highest BCUT2D eigenvalue weighted by Crippen LogP contribution is 2.33. The van der Waals surface area contributed by atoms with Crippen molar-refractivity contribution in [3.63, 3.8) is 0 Å². The molecule has 1 aromatic rings. The van der Waals surface area contributed by atoms with E-state index in [-0.39, 0.29) is 0 Å². The highest BCUT2D eigenvalue weighted by molar-refractivity contribution is 5.61. The quantitative estimate of drug-likeness (QED) is 0.660. The van der Waals surface area contributed by atoms with Crippen LogP contribution in [0.15, 0.2) is 18.2 Å². The number of hydrogen-bond acceptors (Lipinski definition) is 2. The molecule has 14 heavy (non-hydrogen) atoms. The average Bonchev–Trinajstić information content (AvgIpc) is 2.54. The van der Waals surface area contributed by atoms with Crippen molar-refractivity contribution in [1.29, 1.82) is 0 Å². The van der Waals surface area contributed by atoms with Gasteiger partial charge in [-0.3, -0.25) is 0 Å². The van der Waals surface area contributed by atoms with Gasteiger partial charge in [0.15, 0.2) is 0 Å². The van der Waals surface area contributed by atoms with Crippen molar-refractivity contribution < 1.29 is 0 Å². The number of aryl methyl sites for hydroxylation is 1. The molecule has 2 aliphatic rings. The van der Waals surface area contributed by atoms with Crippen molar-refractivity contribution in [2.75, 3.05) is 24.5 Å². The highest BCUT2D eigenvalue weighted by atomic mass is 15.2. The second-order valence-electron chi connectivity index (χ2n) is 4.39. The molecule has 0 amide bonds. The summed E-state index contributed by atoms with van der Waals surface area (Å²) in [5.41, 5.74) is 4.40. The Morgan fingerprint density at radius 2 is 2.36 bits per heavy atom. The molecule has 0 bridgehead atoms. The smallest absolute Gasteiger partial charge is 0.0456 e. The van der Waals surface area contributed by atoms with Crippen LogP contribution in [0.4, 0.5) is 5.69 Å². The van der Waals surface area contributed by atoms with Gasteiger partial charge in [0.2, 0.25) is 0 Å². The molecule has 0 aromatic heterocycles. The Labute approximate surface area is 84.9 Å². The summed E-state index contributed by atoms with van der Waals surface area (Å²) < 4.78 is 0. The van der Waals surface area contributed by atoms with Crippen LogP contribution in [0.2, 0.25) is 0 Å². The van der Waals surface area contributed by atoms with E-state index in [4.69, 9.17) is 0 Å². The van der Waals surface area contributed by atoms with Gasteiger partial charge in [0, 0.05) is 31.4 Å². The van der Waals surface area contributed by atoms with Crippen LogP contribution in [0.3, 0.4) is 0 Å². The maximum absolute atomic E-state index is 3.46. The third kappa shape index (κ3) is 1.14. The summed E-state index contributed by atoms with van der Waals surface area (Å²) in [4.78, 5) is 2.56. The number of fused-ring (bicyclic) bond motifs is 3. The summed E-state index contributed by atoms with van der Waals surface area (Å²) in [7, 11) is 0. The lowest BCUT2D eigenvalue weighted by atomic mass is 10.1. The standard InChI is InChI=1S/C12H16N2/c1-9-2-3-12-10(6-9)7-11-8-13-4-5-14(11)12/h2-3,6,11,13H,4-5,7-8H2,1H3. The van der Waals surface area contributed by atoms with Crippen LogP contribution < -0.4 is 10.2 Å². The van der Waals surface area contributed by atoms with Crippen molar-refractivity contribution in [3.05, 3.63) is 29.3 Å². The molecular weight excluding hydrogens is 172 g/mol. The molecule has 0 aliphatic carbocycles. The minimum Gasteiger partial charge on any atom is -0.365 e. The Bertz CT molecular complexity index is 359. The van der Waals surface area contributed by atoms with Crippen molar-refractivity contribution in [2.45, 2.75) is 19.4 Å². The Balaban J connectivity index is 2.01. The van der Waals surface area contributed by atoms with Crippen molar-refractivity contribution in [3.8, 4) is 0 Å². The molecule has 0 spiro atoms. The largest absolute Gasteiger partial charge is 0.365 e. The van der Waals surface area contributed by atoms with Crippen LogP contribution in [0, 0.1) is 6.92 Å². The molecule has 2 nitrogen and oxygen atoms in total. The predicted octanol–water partition coefficient (Wildman–Crippen LogP) is 1.33. The number of rotatable bonds is 0. The summed E-state index contributed by atoms with van der Waals surface area (Å²) in [5, 5.41) is 3.46. The van der Waals surface area contributed by atoms with Crippen LogP contribution in [0.5, 0.6) is 0 Å². The van der Waals surface area contributed by atoms with Gasteiger partial charge in [-0.2, -0.15) is 0 Å². The van der Waals surface area contributed by atoms with Gasteiger partial charge >= 0.3 is 0 Å². The van der Waals surface area contributed by atoms with Crippen LogP contribution in [0.25, 0.3) is 0 Å². The fourth-order valence-corrected chi connectivity index (χ4v) is 2.67. The molecule has 1 aromatic carbocycles. The molecular formula is C12H16N2. The van der Waals surface area contributed by atoms with E-state index in [1.54, 1.807) is 5.56 Å². The monoisotopic (exact) mass is 188 g/mol. The van der Waals surface area contributed by atoms with E-state index >= 15 is 0 Å². The number of nitrogens with one attached hydrogen (secondary N) is 1. The van der Waals surface area contributed by atoms with E-state index < -0.39 is 0 Å². The Hall–Kier alpha value is -1.02. The maximum atomic E-state index is 3.46. The lowest BCUT2D eigenvalue weighted by Crippen LogP contribution is -2.49. The highest BCUT2D eigenvalue weighted by Gasteiger charge is 2.30. The molecule has 0 saturated carbocycles. The summed E-state index contributed by atoms with van der Waals surface area (Å²) in [6.45, 7) is 5.62. The second kappa shape index (κ2) is 2.99. The van der Waals surface area contributed by atoms with Crippen molar-refractivity contribution in [1.82, 2.24) is 5.32 Å². The average molecular weight is 188 g/mol. The summed E-state index contributed by atoms with van der Waals surface area (Å²) in [6, 6.07) is 7.56. The Morgan fingerprint density at radius 1 is 1.43 bits per heavy atom. The molecule has 2 heterocycles. The van der Waals surface area contributed by atoms with Crippen molar-refractivity contribution in [2.24, 2.45) is 0 Å². The lowest BCUT2D eigenvalue weighted by molar-refractivity contribution is 0.495. The lowest BCUT2D eigenvalue weighted by Gasteiger charge is -2.32. The summed E-state index contributed by atoms with van der Waals surface area (Å²) in [6.07, 6.45) is 1.23. The van der Waals surface area contributed by atoms with Crippen LogP contribution >= 0.6 is 0 Å². The zero-order valence-electron chi connectivity index (χ0n) is 8.59. The molecule has 2 heteroatoms. The summed E-state index contributed by atoms with van der Waals surface area (Å²) >= 11 is 0. The molecule has 2 aliphatic heterocycles. The van der Waals surface area contributed by atoms with Gasteiger partial charge in [0.05, 0.1) is 0 Å².